The summed E-state index contributed by atoms with van der Waals surface area (Å²) in [4.78, 5) is 14.4. The fourth-order valence-electron chi connectivity index (χ4n) is 1.73. The lowest BCUT2D eigenvalue weighted by molar-refractivity contribution is -0.384. The Morgan fingerprint density at radius 3 is 2.45 bits per heavy atom. The van der Waals surface area contributed by atoms with E-state index in [1.807, 2.05) is 0 Å². The van der Waals surface area contributed by atoms with E-state index in [-0.39, 0.29) is 10.8 Å². The number of hydrogen-bond donors (Lipinski definition) is 0. The second-order valence-electron chi connectivity index (χ2n) is 3.86. The maximum absolute atomic E-state index is 10.8. The Kier molecular flexibility index (Phi) is 4.05. The zero-order chi connectivity index (χ0) is 14.7. The predicted octanol–water partition coefficient (Wildman–Crippen LogP) is 3.33. The largest absolute Gasteiger partial charge is 0.493 e. The number of nitrogens with zero attached hydrogens (tertiary/aromatic N) is 2. The summed E-state index contributed by atoms with van der Waals surface area (Å²) in [6.07, 6.45) is 0. The third-order valence-electron chi connectivity index (χ3n) is 2.67. The molecule has 0 bridgehead atoms. The van der Waals surface area contributed by atoms with Crippen molar-refractivity contribution in [3.05, 3.63) is 45.6 Å². The van der Waals surface area contributed by atoms with Gasteiger partial charge in [0.1, 0.15) is 5.15 Å². The maximum atomic E-state index is 10.8. The van der Waals surface area contributed by atoms with Crippen LogP contribution >= 0.6 is 11.6 Å². The Bertz CT molecular complexity index is 661. The van der Waals surface area contributed by atoms with Gasteiger partial charge in [0.2, 0.25) is 0 Å². The fourth-order valence-corrected chi connectivity index (χ4v) is 1.94. The SMILES string of the molecule is COc1ccc(-c2cc([N+](=O)[O-])cc(Cl)n2)cc1OC. The van der Waals surface area contributed by atoms with Crippen LogP contribution in [-0.2, 0) is 0 Å². The molecule has 7 heteroatoms. The molecule has 20 heavy (non-hydrogen) atoms. The van der Waals surface area contributed by atoms with E-state index < -0.39 is 4.92 Å². The number of halogens is 1. The van der Waals surface area contributed by atoms with Crippen molar-refractivity contribution in [1.82, 2.24) is 4.98 Å². The quantitative estimate of drug-likeness (QED) is 0.491. The van der Waals surface area contributed by atoms with Crippen LogP contribution in [0.3, 0.4) is 0 Å². The molecule has 0 aliphatic carbocycles. The Hall–Kier alpha value is -2.34. The molecular formula is C13H11ClN2O4. The molecule has 0 amide bonds. The summed E-state index contributed by atoms with van der Waals surface area (Å²) in [7, 11) is 3.04. The van der Waals surface area contributed by atoms with Gasteiger partial charge >= 0.3 is 0 Å². The Labute approximate surface area is 120 Å². The van der Waals surface area contributed by atoms with Crippen LogP contribution in [0.4, 0.5) is 5.69 Å². The third kappa shape index (κ3) is 2.80. The van der Waals surface area contributed by atoms with Crippen molar-refractivity contribution in [2.45, 2.75) is 0 Å². The molecule has 0 aliphatic rings. The number of nitro groups is 1. The van der Waals surface area contributed by atoms with Gasteiger partial charge in [0.25, 0.3) is 5.69 Å². The second-order valence-corrected chi connectivity index (χ2v) is 4.25. The van der Waals surface area contributed by atoms with E-state index in [2.05, 4.69) is 4.98 Å². The van der Waals surface area contributed by atoms with Crippen molar-refractivity contribution >= 4 is 17.3 Å². The van der Waals surface area contributed by atoms with E-state index in [9.17, 15) is 10.1 Å². The van der Waals surface area contributed by atoms with Gasteiger partial charge in [0.05, 0.1) is 30.9 Å². The number of rotatable bonds is 4. The number of hydrogen-bond acceptors (Lipinski definition) is 5. The standard InChI is InChI=1S/C13H11ClN2O4/c1-19-11-4-3-8(5-12(11)20-2)10-6-9(16(17)18)7-13(14)15-10/h3-7H,1-2H3. The van der Waals surface area contributed by atoms with Gasteiger partial charge in [0.15, 0.2) is 11.5 Å². The minimum Gasteiger partial charge on any atom is -0.493 e. The average Bonchev–Trinajstić information content (AvgIpc) is 2.45. The molecule has 0 saturated carbocycles. The first-order chi connectivity index (χ1) is 9.55. The van der Waals surface area contributed by atoms with Crippen molar-refractivity contribution in [1.29, 1.82) is 0 Å². The molecule has 2 aromatic rings. The van der Waals surface area contributed by atoms with Gasteiger partial charge in [-0.05, 0) is 18.2 Å². The summed E-state index contributed by atoms with van der Waals surface area (Å²) in [5.41, 5.74) is 0.924. The minimum absolute atomic E-state index is 0.0592. The monoisotopic (exact) mass is 294 g/mol. The minimum atomic E-state index is -0.516. The summed E-state index contributed by atoms with van der Waals surface area (Å²) in [6.45, 7) is 0. The lowest BCUT2D eigenvalue weighted by atomic mass is 10.1. The van der Waals surface area contributed by atoms with E-state index in [4.69, 9.17) is 21.1 Å². The molecule has 6 nitrogen and oxygen atoms in total. The first kappa shape index (κ1) is 14.1. The zero-order valence-electron chi connectivity index (χ0n) is 10.8. The van der Waals surface area contributed by atoms with Crippen LogP contribution in [0, 0.1) is 10.1 Å². The molecule has 0 saturated heterocycles. The highest BCUT2D eigenvalue weighted by atomic mass is 35.5. The van der Waals surface area contributed by atoms with E-state index in [0.29, 0.717) is 22.8 Å². The van der Waals surface area contributed by atoms with Crippen LogP contribution in [0.1, 0.15) is 0 Å². The van der Waals surface area contributed by atoms with Gasteiger partial charge in [0, 0.05) is 11.6 Å². The van der Waals surface area contributed by atoms with Crippen LogP contribution in [0.5, 0.6) is 11.5 Å². The second kappa shape index (κ2) is 5.75. The molecule has 1 heterocycles. The van der Waals surface area contributed by atoms with Gasteiger partial charge in [-0.3, -0.25) is 10.1 Å². The number of pyridine rings is 1. The molecule has 0 spiro atoms. The zero-order valence-corrected chi connectivity index (χ0v) is 11.5. The van der Waals surface area contributed by atoms with Crippen molar-refractivity contribution in [2.75, 3.05) is 14.2 Å². The lowest BCUT2D eigenvalue weighted by Gasteiger charge is -2.09. The van der Waals surface area contributed by atoms with Gasteiger partial charge in [-0.25, -0.2) is 4.98 Å². The van der Waals surface area contributed by atoms with Crippen LogP contribution in [-0.4, -0.2) is 24.1 Å². The van der Waals surface area contributed by atoms with Crippen LogP contribution < -0.4 is 9.47 Å². The summed E-state index contributed by atoms with van der Waals surface area (Å²) in [5, 5.41) is 10.9. The molecule has 0 fully saturated rings. The Morgan fingerprint density at radius 1 is 1.15 bits per heavy atom. The van der Waals surface area contributed by atoms with Gasteiger partial charge in [-0.15, -0.1) is 0 Å². The molecule has 0 N–H and O–H groups in total. The first-order valence-electron chi connectivity index (χ1n) is 5.59. The van der Waals surface area contributed by atoms with E-state index in [1.165, 1.54) is 26.4 Å². The highest BCUT2D eigenvalue weighted by molar-refractivity contribution is 6.29. The molecule has 0 aliphatic heterocycles. The van der Waals surface area contributed by atoms with Crippen LogP contribution in [0.25, 0.3) is 11.3 Å². The van der Waals surface area contributed by atoms with E-state index in [1.54, 1.807) is 18.2 Å². The van der Waals surface area contributed by atoms with Crippen molar-refractivity contribution in [2.24, 2.45) is 0 Å². The van der Waals surface area contributed by atoms with Gasteiger partial charge < -0.3 is 9.47 Å². The van der Waals surface area contributed by atoms with Crippen LogP contribution in [0.15, 0.2) is 30.3 Å². The molecular weight excluding hydrogens is 284 g/mol. The number of ether oxygens (including phenoxy) is 2. The van der Waals surface area contributed by atoms with Gasteiger partial charge in [-0.2, -0.15) is 0 Å². The topological polar surface area (TPSA) is 74.5 Å². The van der Waals surface area contributed by atoms with E-state index in [0.717, 1.165) is 0 Å². The van der Waals surface area contributed by atoms with Crippen molar-refractivity contribution < 1.29 is 14.4 Å². The molecule has 0 radical (unpaired) electrons. The highest BCUT2D eigenvalue weighted by Gasteiger charge is 2.13. The number of methoxy groups -OCH3 is 2. The molecule has 1 aromatic carbocycles. The predicted molar refractivity (Wildman–Crippen MR) is 74.4 cm³/mol. The first-order valence-corrected chi connectivity index (χ1v) is 5.97. The Morgan fingerprint density at radius 2 is 1.85 bits per heavy atom. The third-order valence-corrected chi connectivity index (χ3v) is 2.86. The number of benzene rings is 1. The molecule has 2 rings (SSSR count). The molecule has 0 unspecified atom stereocenters. The summed E-state index contributed by atoms with van der Waals surface area (Å²) < 4.78 is 10.3. The smallest absolute Gasteiger partial charge is 0.274 e. The lowest BCUT2D eigenvalue weighted by Crippen LogP contribution is -1.94. The van der Waals surface area contributed by atoms with Crippen LogP contribution in [0.2, 0.25) is 5.15 Å². The Balaban J connectivity index is 2.53. The average molecular weight is 295 g/mol. The summed E-state index contributed by atoms with van der Waals surface area (Å²) in [6, 6.07) is 7.66. The van der Waals surface area contributed by atoms with Crippen molar-refractivity contribution in [3.63, 3.8) is 0 Å². The number of aromatic nitrogens is 1. The summed E-state index contributed by atoms with van der Waals surface area (Å²) >= 11 is 5.80. The molecule has 104 valence electrons. The maximum Gasteiger partial charge on any atom is 0.274 e. The summed E-state index contributed by atoms with van der Waals surface area (Å²) in [5.74, 6) is 1.07. The van der Waals surface area contributed by atoms with E-state index >= 15 is 0 Å². The van der Waals surface area contributed by atoms with Gasteiger partial charge in [-0.1, -0.05) is 11.6 Å². The fraction of sp³-hybridized carbons (Fsp3) is 0.154. The molecule has 1 aromatic heterocycles. The molecule has 0 atom stereocenters. The normalized spacial score (nSPS) is 10.2. The highest BCUT2D eigenvalue weighted by Crippen LogP contribution is 2.33. The van der Waals surface area contributed by atoms with Crippen molar-refractivity contribution in [3.8, 4) is 22.8 Å².